The number of hydrogen-bond donors (Lipinski definition) is 2. The highest BCUT2D eigenvalue weighted by Gasteiger charge is 2.38. The Morgan fingerprint density at radius 1 is 1.63 bits per heavy atom. The molecule has 2 unspecified atom stereocenters. The molecule has 0 aromatic carbocycles. The van der Waals surface area contributed by atoms with E-state index in [0.717, 1.165) is 24.8 Å². The zero-order chi connectivity index (χ0) is 13.7. The molecule has 2 rings (SSSR count). The molecule has 1 amide bonds. The van der Waals surface area contributed by atoms with Gasteiger partial charge in [0, 0.05) is 30.3 Å². The number of carbonyl (C=O) groups is 1. The Morgan fingerprint density at radius 2 is 2.47 bits per heavy atom. The molecule has 2 atom stereocenters. The van der Waals surface area contributed by atoms with E-state index in [0.29, 0.717) is 12.8 Å². The summed E-state index contributed by atoms with van der Waals surface area (Å²) in [6, 6.07) is 3.97. The van der Waals surface area contributed by atoms with Crippen molar-refractivity contribution in [2.45, 2.75) is 45.1 Å². The van der Waals surface area contributed by atoms with E-state index in [2.05, 4.69) is 10.3 Å². The fraction of sp³-hybridized carbons (Fsp3) is 0.600. The highest BCUT2D eigenvalue weighted by atomic mass is 16.3. The molecule has 2 N–H and O–H groups in total. The molecule has 0 radical (unpaired) electrons. The summed E-state index contributed by atoms with van der Waals surface area (Å²) < 4.78 is 0. The van der Waals surface area contributed by atoms with Crippen molar-refractivity contribution in [2.75, 3.05) is 6.61 Å². The van der Waals surface area contributed by atoms with E-state index in [4.69, 9.17) is 0 Å². The first-order valence-electron chi connectivity index (χ1n) is 6.93. The van der Waals surface area contributed by atoms with Gasteiger partial charge < -0.3 is 10.4 Å². The van der Waals surface area contributed by atoms with Gasteiger partial charge in [0.05, 0.1) is 6.61 Å². The van der Waals surface area contributed by atoms with Crippen LogP contribution in [0.1, 0.15) is 38.2 Å². The Labute approximate surface area is 114 Å². The highest BCUT2D eigenvalue weighted by molar-refractivity contribution is 5.76. The van der Waals surface area contributed by atoms with E-state index >= 15 is 0 Å². The molecule has 19 heavy (non-hydrogen) atoms. The number of pyridine rings is 1. The number of rotatable bonds is 5. The minimum Gasteiger partial charge on any atom is -0.396 e. The summed E-state index contributed by atoms with van der Waals surface area (Å²) in [5.41, 5.74) is 0.929. The second-order valence-corrected chi connectivity index (χ2v) is 5.69. The molecule has 1 aromatic heterocycles. The van der Waals surface area contributed by atoms with Crippen molar-refractivity contribution in [1.29, 1.82) is 0 Å². The molecule has 0 bridgehead atoms. The summed E-state index contributed by atoms with van der Waals surface area (Å²) in [4.78, 5) is 16.0. The van der Waals surface area contributed by atoms with Gasteiger partial charge in [-0.05, 0) is 30.9 Å². The molecule has 1 saturated carbocycles. The average molecular weight is 262 g/mol. The molecular weight excluding hydrogens is 240 g/mol. The third kappa shape index (κ3) is 3.53. The van der Waals surface area contributed by atoms with Gasteiger partial charge in [0.2, 0.25) is 5.91 Å². The highest BCUT2D eigenvalue weighted by Crippen LogP contribution is 2.37. The number of hydrogen-bond acceptors (Lipinski definition) is 3. The standard InChI is InChI=1S/C15H22N2O2/c1-15(11-18)8-2-5-13(15)17-14(19)7-6-12-4-3-9-16-10-12/h3-4,9-10,13,18H,2,5-8,11H2,1H3,(H,17,19). The van der Waals surface area contributed by atoms with E-state index in [1.807, 2.05) is 19.1 Å². The zero-order valence-electron chi connectivity index (χ0n) is 11.4. The summed E-state index contributed by atoms with van der Waals surface area (Å²) in [6.45, 7) is 2.19. The maximum absolute atomic E-state index is 12.0. The van der Waals surface area contributed by atoms with Crippen molar-refractivity contribution < 1.29 is 9.90 Å². The maximum atomic E-state index is 12.0. The van der Waals surface area contributed by atoms with Gasteiger partial charge in [-0.1, -0.05) is 19.4 Å². The van der Waals surface area contributed by atoms with E-state index in [1.165, 1.54) is 0 Å². The Bertz CT molecular complexity index is 421. The van der Waals surface area contributed by atoms with Gasteiger partial charge in [0.1, 0.15) is 0 Å². The predicted molar refractivity (Wildman–Crippen MR) is 73.5 cm³/mol. The van der Waals surface area contributed by atoms with Crippen LogP contribution >= 0.6 is 0 Å². The molecule has 1 aliphatic carbocycles. The Hall–Kier alpha value is -1.42. The molecule has 4 heteroatoms. The largest absolute Gasteiger partial charge is 0.396 e. The molecule has 0 aliphatic heterocycles. The molecule has 1 aromatic rings. The second kappa shape index (κ2) is 6.15. The van der Waals surface area contributed by atoms with E-state index in [9.17, 15) is 9.90 Å². The van der Waals surface area contributed by atoms with Crippen molar-refractivity contribution in [2.24, 2.45) is 5.41 Å². The number of carbonyl (C=O) groups excluding carboxylic acids is 1. The lowest BCUT2D eigenvalue weighted by molar-refractivity contribution is -0.122. The van der Waals surface area contributed by atoms with Crippen molar-refractivity contribution in [1.82, 2.24) is 10.3 Å². The first kappa shape index (κ1) is 14.0. The van der Waals surface area contributed by atoms with Gasteiger partial charge >= 0.3 is 0 Å². The Kier molecular flexibility index (Phi) is 4.53. The summed E-state index contributed by atoms with van der Waals surface area (Å²) in [6.07, 6.45) is 7.73. The lowest BCUT2D eigenvalue weighted by atomic mass is 9.85. The van der Waals surface area contributed by atoms with Crippen LogP contribution in [0, 0.1) is 5.41 Å². The van der Waals surface area contributed by atoms with Crippen molar-refractivity contribution >= 4 is 5.91 Å². The number of nitrogens with zero attached hydrogens (tertiary/aromatic N) is 1. The molecular formula is C15H22N2O2. The summed E-state index contributed by atoms with van der Waals surface area (Å²) in [7, 11) is 0. The van der Waals surface area contributed by atoms with Gasteiger partial charge in [-0.2, -0.15) is 0 Å². The minimum atomic E-state index is -0.149. The van der Waals surface area contributed by atoms with E-state index in [-0.39, 0.29) is 24.0 Å². The van der Waals surface area contributed by atoms with E-state index < -0.39 is 0 Å². The number of amides is 1. The first-order chi connectivity index (χ1) is 9.14. The second-order valence-electron chi connectivity index (χ2n) is 5.69. The zero-order valence-corrected chi connectivity index (χ0v) is 11.4. The van der Waals surface area contributed by atoms with Crippen LogP contribution in [0.5, 0.6) is 0 Å². The van der Waals surface area contributed by atoms with Gasteiger partial charge in [0.15, 0.2) is 0 Å². The molecule has 1 fully saturated rings. The maximum Gasteiger partial charge on any atom is 0.220 e. The van der Waals surface area contributed by atoms with Gasteiger partial charge in [-0.3, -0.25) is 9.78 Å². The number of aliphatic hydroxyl groups excluding tert-OH is 1. The number of nitrogens with one attached hydrogen (secondary N) is 1. The summed E-state index contributed by atoms with van der Waals surface area (Å²) in [5.74, 6) is 0.0652. The number of aromatic nitrogens is 1. The monoisotopic (exact) mass is 262 g/mol. The number of aryl methyl sites for hydroxylation is 1. The van der Waals surface area contributed by atoms with Crippen LogP contribution < -0.4 is 5.32 Å². The minimum absolute atomic E-state index is 0.0652. The molecule has 4 nitrogen and oxygen atoms in total. The Morgan fingerprint density at radius 3 is 3.16 bits per heavy atom. The fourth-order valence-electron chi connectivity index (χ4n) is 2.74. The van der Waals surface area contributed by atoms with Gasteiger partial charge in [0.25, 0.3) is 0 Å². The lowest BCUT2D eigenvalue weighted by Gasteiger charge is -2.30. The predicted octanol–water partition coefficient (Wildman–Crippen LogP) is 1.68. The van der Waals surface area contributed by atoms with Crippen LogP contribution in [-0.4, -0.2) is 28.6 Å². The first-order valence-corrected chi connectivity index (χ1v) is 6.93. The van der Waals surface area contributed by atoms with Crippen LogP contribution in [0.4, 0.5) is 0 Å². The average Bonchev–Trinajstić information content (AvgIpc) is 2.80. The third-order valence-corrected chi connectivity index (χ3v) is 4.14. The SMILES string of the molecule is CC1(CO)CCCC1NC(=O)CCc1cccnc1. The molecule has 0 saturated heterocycles. The van der Waals surface area contributed by atoms with Crippen LogP contribution in [0.2, 0.25) is 0 Å². The topological polar surface area (TPSA) is 62.2 Å². The molecule has 1 heterocycles. The van der Waals surface area contributed by atoms with Gasteiger partial charge in [-0.25, -0.2) is 0 Å². The molecule has 1 aliphatic rings. The molecule has 104 valence electrons. The number of aliphatic hydroxyl groups is 1. The smallest absolute Gasteiger partial charge is 0.220 e. The normalized spacial score (nSPS) is 26.3. The van der Waals surface area contributed by atoms with Crippen LogP contribution in [-0.2, 0) is 11.2 Å². The van der Waals surface area contributed by atoms with Crippen molar-refractivity contribution in [3.8, 4) is 0 Å². The summed E-state index contributed by atoms with van der Waals surface area (Å²) in [5, 5.41) is 12.5. The van der Waals surface area contributed by atoms with Crippen LogP contribution in [0.15, 0.2) is 24.5 Å². The Balaban J connectivity index is 1.81. The van der Waals surface area contributed by atoms with E-state index in [1.54, 1.807) is 12.4 Å². The van der Waals surface area contributed by atoms with Crippen LogP contribution in [0.25, 0.3) is 0 Å². The van der Waals surface area contributed by atoms with Gasteiger partial charge in [-0.15, -0.1) is 0 Å². The summed E-state index contributed by atoms with van der Waals surface area (Å²) >= 11 is 0. The van der Waals surface area contributed by atoms with Crippen molar-refractivity contribution in [3.05, 3.63) is 30.1 Å². The fourth-order valence-corrected chi connectivity index (χ4v) is 2.74. The molecule has 0 spiro atoms. The van der Waals surface area contributed by atoms with Crippen molar-refractivity contribution in [3.63, 3.8) is 0 Å². The quantitative estimate of drug-likeness (QED) is 0.848. The third-order valence-electron chi connectivity index (χ3n) is 4.14. The lowest BCUT2D eigenvalue weighted by Crippen LogP contribution is -2.44. The van der Waals surface area contributed by atoms with Crippen LogP contribution in [0.3, 0.4) is 0 Å².